The van der Waals surface area contributed by atoms with E-state index in [1.807, 2.05) is 6.92 Å². The van der Waals surface area contributed by atoms with E-state index >= 15 is 0 Å². The zero-order chi connectivity index (χ0) is 17.6. The summed E-state index contributed by atoms with van der Waals surface area (Å²) in [7, 11) is 0. The SMILES string of the molecule is CC(C)=CCC[C@@](C)(O)[C@H]1CC=C(COC(=O)c2ccco2)CC1. The summed E-state index contributed by atoms with van der Waals surface area (Å²) in [5.41, 5.74) is 1.75. The summed E-state index contributed by atoms with van der Waals surface area (Å²) in [6.45, 7) is 6.39. The number of esters is 1. The van der Waals surface area contributed by atoms with Crippen molar-refractivity contribution in [3.8, 4) is 0 Å². The third-order valence-corrected chi connectivity index (χ3v) is 4.70. The highest BCUT2D eigenvalue weighted by Gasteiger charge is 2.32. The summed E-state index contributed by atoms with van der Waals surface area (Å²) >= 11 is 0. The fourth-order valence-corrected chi connectivity index (χ4v) is 3.07. The number of rotatable bonds is 7. The van der Waals surface area contributed by atoms with Gasteiger partial charge in [0.05, 0.1) is 11.9 Å². The van der Waals surface area contributed by atoms with E-state index in [2.05, 4.69) is 26.0 Å². The van der Waals surface area contributed by atoms with Crippen molar-refractivity contribution in [3.63, 3.8) is 0 Å². The van der Waals surface area contributed by atoms with Crippen molar-refractivity contribution in [3.05, 3.63) is 47.5 Å². The van der Waals surface area contributed by atoms with Crippen molar-refractivity contribution in [1.82, 2.24) is 0 Å². The average Bonchev–Trinajstić information content (AvgIpc) is 3.07. The molecule has 1 N–H and O–H groups in total. The van der Waals surface area contributed by atoms with Gasteiger partial charge in [0.2, 0.25) is 5.76 Å². The lowest BCUT2D eigenvalue weighted by molar-refractivity contribution is -0.0129. The van der Waals surface area contributed by atoms with Crippen molar-refractivity contribution >= 4 is 5.97 Å². The van der Waals surface area contributed by atoms with Gasteiger partial charge in [0, 0.05) is 0 Å². The molecular formula is C20H28O4. The van der Waals surface area contributed by atoms with Crippen molar-refractivity contribution in [1.29, 1.82) is 0 Å². The topological polar surface area (TPSA) is 59.7 Å². The number of allylic oxidation sites excluding steroid dienone is 3. The molecule has 0 bridgehead atoms. The number of furan rings is 1. The monoisotopic (exact) mass is 332 g/mol. The van der Waals surface area contributed by atoms with Crippen LogP contribution < -0.4 is 0 Å². The molecule has 0 saturated heterocycles. The standard InChI is InChI=1S/C20H28O4/c1-15(2)6-4-12-20(3,22)17-10-8-16(9-11-17)14-24-19(21)18-7-5-13-23-18/h5-8,13,17,22H,4,9-12,14H2,1-3H3/t17-,20+/m0/s1. The smallest absolute Gasteiger partial charge is 0.374 e. The van der Waals surface area contributed by atoms with Gasteiger partial charge in [0.1, 0.15) is 6.61 Å². The number of carbonyl (C=O) groups is 1. The number of carbonyl (C=O) groups excluding carboxylic acids is 1. The molecule has 0 amide bonds. The van der Waals surface area contributed by atoms with E-state index in [0.717, 1.165) is 37.7 Å². The van der Waals surface area contributed by atoms with Gasteiger partial charge in [-0.2, -0.15) is 0 Å². The minimum Gasteiger partial charge on any atom is -0.457 e. The maximum atomic E-state index is 11.8. The van der Waals surface area contributed by atoms with Crippen LogP contribution in [0.25, 0.3) is 0 Å². The maximum Gasteiger partial charge on any atom is 0.374 e. The zero-order valence-electron chi connectivity index (χ0n) is 14.9. The molecule has 1 heterocycles. The highest BCUT2D eigenvalue weighted by Crippen LogP contribution is 2.35. The first kappa shape index (κ1) is 18.5. The molecular weight excluding hydrogens is 304 g/mol. The van der Waals surface area contributed by atoms with Gasteiger partial charge in [0.25, 0.3) is 0 Å². The van der Waals surface area contributed by atoms with E-state index < -0.39 is 11.6 Å². The van der Waals surface area contributed by atoms with Crippen LogP contribution in [0.5, 0.6) is 0 Å². The van der Waals surface area contributed by atoms with Crippen LogP contribution in [0.4, 0.5) is 0 Å². The van der Waals surface area contributed by atoms with Gasteiger partial charge in [-0.1, -0.05) is 17.7 Å². The zero-order valence-corrected chi connectivity index (χ0v) is 14.9. The molecule has 1 aromatic heterocycles. The Kier molecular flexibility index (Phi) is 6.44. The molecule has 1 aliphatic carbocycles. The molecule has 4 nitrogen and oxygen atoms in total. The molecule has 24 heavy (non-hydrogen) atoms. The lowest BCUT2D eigenvalue weighted by Crippen LogP contribution is -2.35. The van der Waals surface area contributed by atoms with Crippen LogP contribution >= 0.6 is 0 Å². The van der Waals surface area contributed by atoms with Crippen LogP contribution in [0.1, 0.15) is 63.4 Å². The fraction of sp³-hybridized carbons (Fsp3) is 0.550. The molecule has 0 unspecified atom stereocenters. The van der Waals surface area contributed by atoms with Crippen molar-refractivity contribution in [2.45, 2.75) is 58.5 Å². The summed E-state index contributed by atoms with van der Waals surface area (Å²) < 4.78 is 10.3. The lowest BCUT2D eigenvalue weighted by atomic mass is 9.76. The third kappa shape index (κ3) is 5.38. The lowest BCUT2D eigenvalue weighted by Gasteiger charge is -2.35. The van der Waals surface area contributed by atoms with Gasteiger partial charge in [-0.15, -0.1) is 0 Å². The Morgan fingerprint density at radius 1 is 1.50 bits per heavy atom. The molecule has 2 rings (SSSR count). The summed E-state index contributed by atoms with van der Waals surface area (Å²) in [5, 5.41) is 10.7. The highest BCUT2D eigenvalue weighted by molar-refractivity contribution is 5.86. The molecule has 0 fully saturated rings. The summed E-state index contributed by atoms with van der Waals surface area (Å²) in [6.07, 6.45) is 10.0. The Balaban J connectivity index is 1.80. The number of hydrogen-bond donors (Lipinski definition) is 1. The summed E-state index contributed by atoms with van der Waals surface area (Å²) in [5.74, 6) is 0.0517. The number of ether oxygens (including phenoxy) is 1. The highest BCUT2D eigenvalue weighted by atomic mass is 16.5. The van der Waals surface area contributed by atoms with Gasteiger partial charge >= 0.3 is 5.97 Å². The molecule has 0 spiro atoms. The summed E-state index contributed by atoms with van der Waals surface area (Å²) in [4.78, 5) is 11.8. The predicted molar refractivity (Wildman–Crippen MR) is 93.7 cm³/mol. The van der Waals surface area contributed by atoms with E-state index in [4.69, 9.17) is 9.15 Å². The van der Waals surface area contributed by atoms with Crippen LogP contribution in [0.2, 0.25) is 0 Å². The summed E-state index contributed by atoms with van der Waals surface area (Å²) in [6, 6.07) is 3.26. The third-order valence-electron chi connectivity index (χ3n) is 4.70. The quantitative estimate of drug-likeness (QED) is 0.583. The minimum absolute atomic E-state index is 0.228. The first-order chi connectivity index (χ1) is 11.4. The number of aliphatic hydroxyl groups is 1. The van der Waals surface area contributed by atoms with Gasteiger partial charge in [0.15, 0.2) is 0 Å². The van der Waals surface area contributed by atoms with Crippen molar-refractivity contribution in [2.75, 3.05) is 6.61 Å². The Labute approximate surface area is 144 Å². The Morgan fingerprint density at radius 3 is 2.88 bits per heavy atom. The Bertz CT molecular complexity index is 589. The molecule has 2 atom stereocenters. The first-order valence-electron chi connectivity index (χ1n) is 8.63. The average molecular weight is 332 g/mol. The molecule has 0 aromatic carbocycles. The van der Waals surface area contributed by atoms with Crippen LogP contribution in [0, 0.1) is 5.92 Å². The van der Waals surface area contributed by atoms with Crippen LogP contribution in [0.15, 0.2) is 46.1 Å². The predicted octanol–water partition coefficient (Wildman–Crippen LogP) is 4.66. The van der Waals surface area contributed by atoms with E-state index in [-0.39, 0.29) is 11.7 Å². The molecule has 0 saturated carbocycles. The van der Waals surface area contributed by atoms with Crippen molar-refractivity contribution < 1.29 is 19.1 Å². The van der Waals surface area contributed by atoms with Crippen LogP contribution in [-0.2, 0) is 4.74 Å². The second-order valence-electron chi connectivity index (χ2n) is 7.06. The first-order valence-corrected chi connectivity index (χ1v) is 8.63. The normalized spacial score (nSPS) is 20.0. The second kappa shape index (κ2) is 8.34. The van der Waals surface area contributed by atoms with Crippen molar-refractivity contribution in [2.24, 2.45) is 5.92 Å². The van der Waals surface area contributed by atoms with Gasteiger partial charge in [-0.3, -0.25) is 0 Å². The van der Waals surface area contributed by atoms with E-state index in [1.165, 1.54) is 11.8 Å². The van der Waals surface area contributed by atoms with Gasteiger partial charge in [-0.05, 0) is 76.5 Å². The molecule has 1 aromatic rings. The Hall–Kier alpha value is -1.81. The van der Waals surface area contributed by atoms with E-state index in [9.17, 15) is 9.90 Å². The molecule has 0 radical (unpaired) electrons. The largest absolute Gasteiger partial charge is 0.457 e. The molecule has 1 aliphatic rings. The molecule has 0 aliphatic heterocycles. The van der Waals surface area contributed by atoms with Gasteiger partial charge in [-0.25, -0.2) is 4.79 Å². The maximum absolute atomic E-state index is 11.8. The van der Waals surface area contributed by atoms with Gasteiger partial charge < -0.3 is 14.3 Å². The minimum atomic E-state index is -0.654. The van der Waals surface area contributed by atoms with Crippen LogP contribution in [0.3, 0.4) is 0 Å². The van der Waals surface area contributed by atoms with E-state index in [1.54, 1.807) is 12.1 Å². The van der Waals surface area contributed by atoms with E-state index in [0.29, 0.717) is 6.61 Å². The second-order valence-corrected chi connectivity index (χ2v) is 7.06. The molecule has 4 heteroatoms. The Morgan fingerprint density at radius 2 is 2.29 bits per heavy atom. The molecule has 132 valence electrons. The fourth-order valence-electron chi connectivity index (χ4n) is 3.07. The van der Waals surface area contributed by atoms with Crippen LogP contribution in [-0.4, -0.2) is 23.3 Å². The number of hydrogen-bond acceptors (Lipinski definition) is 4.